The molecule has 0 unspecified atom stereocenters. The van der Waals surface area contributed by atoms with Crippen LogP contribution in [0.25, 0.3) is 0 Å². The standard InChI is InChI=1S/C10H13N5OS/c11-9(17)8-10(13-4-3-12-8)14-5-7(16)15-6-1-2-6/h3-4,6H,1-2,5H2,(H2,11,17)(H,13,14)(H,15,16). The number of hydrogen-bond acceptors (Lipinski definition) is 5. The van der Waals surface area contributed by atoms with Crippen molar-refractivity contribution < 1.29 is 4.79 Å². The minimum absolute atomic E-state index is 0.0629. The average Bonchev–Trinajstić information content (AvgIpc) is 3.10. The number of thiocarbonyl (C=S) groups is 1. The molecule has 2 rings (SSSR count). The molecule has 1 amide bonds. The van der Waals surface area contributed by atoms with E-state index in [2.05, 4.69) is 20.6 Å². The number of carbonyl (C=O) groups excluding carboxylic acids is 1. The highest BCUT2D eigenvalue weighted by molar-refractivity contribution is 7.80. The summed E-state index contributed by atoms with van der Waals surface area (Å²) >= 11 is 4.84. The number of nitrogens with one attached hydrogen (secondary N) is 2. The molecule has 1 aliphatic carbocycles. The van der Waals surface area contributed by atoms with Crippen molar-refractivity contribution in [2.75, 3.05) is 11.9 Å². The molecule has 1 aliphatic rings. The first kappa shape index (κ1) is 11.7. The highest BCUT2D eigenvalue weighted by Gasteiger charge is 2.23. The van der Waals surface area contributed by atoms with Crippen LogP contribution in [0.4, 0.5) is 5.82 Å². The first-order valence-corrected chi connectivity index (χ1v) is 5.71. The summed E-state index contributed by atoms with van der Waals surface area (Å²) in [6, 6.07) is 0.348. The molecule has 1 fully saturated rings. The molecule has 7 heteroatoms. The molecule has 90 valence electrons. The van der Waals surface area contributed by atoms with Crippen molar-refractivity contribution in [1.82, 2.24) is 15.3 Å². The maximum atomic E-state index is 11.5. The van der Waals surface area contributed by atoms with E-state index < -0.39 is 0 Å². The number of rotatable bonds is 5. The Bertz CT molecular complexity index is 446. The van der Waals surface area contributed by atoms with Gasteiger partial charge in [-0.2, -0.15) is 0 Å². The maximum absolute atomic E-state index is 11.5. The predicted molar refractivity (Wildman–Crippen MR) is 67.6 cm³/mol. The lowest BCUT2D eigenvalue weighted by Crippen LogP contribution is -2.32. The highest BCUT2D eigenvalue weighted by atomic mass is 32.1. The lowest BCUT2D eigenvalue weighted by atomic mass is 10.4. The van der Waals surface area contributed by atoms with Gasteiger partial charge in [-0.1, -0.05) is 12.2 Å². The van der Waals surface area contributed by atoms with Gasteiger partial charge in [-0.25, -0.2) is 9.97 Å². The molecule has 0 spiro atoms. The Labute approximate surface area is 104 Å². The van der Waals surface area contributed by atoms with Crippen molar-refractivity contribution in [3.63, 3.8) is 0 Å². The normalized spacial score (nSPS) is 14.1. The van der Waals surface area contributed by atoms with Gasteiger partial charge in [-0.15, -0.1) is 0 Å². The van der Waals surface area contributed by atoms with Crippen molar-refractivity contribution in [2.24, 2.45) is 5.73 Å². The molecule has 6 nitrogen and oxygen atoms in total. The van der Waals surface area contributed by atoms with E-state index in [0.717, 1.165) is 12.8 Å². The van der Waals surface area contributed by atoms with Crippen LogP contribution in [0.3, 0.4) is 0 Å². The van der Waals surface area contributed by atoms with Gasteiger partial charge in [-0.3, -0.25) is 4.79 Å². The minimum Gasteiger partial charge on any atom is -0.388 e. The summed E-state index contributed by atoms with van der Waals surface area (Å²) in [7, 11) is 0. The van der Waals surface area contributed by atoms with Crippen LogP contribution in [-0.4, -0.2) is 33.5 Å². The SMILES string of the molecule is NC(=S)c1nccnc1NCC(=O)NC1CC1. The first-order valence-electron chi connectivity index (χ1n) is 5.31. The summed E-state index contributed by atoms with van der Waals surface area (Å²) in [5.74, 6) is 0.373. The molecule has 17 heavy (non-hydrogen) atoms. The van der Waals surface area contributed by atoms with Gasteiger partial charge >= 0.3 is 0 Å². The summed E-state index contributed by atoms with van der Waals surface area (Å²) in [6.07, 6.45) is 5.15. The zero-order valence-corrected chi connectivity index (χ0v) is 9.96. The van der Waals surface area contributed by atoms with Gasteiger partial charge in [-0.05, 0) is 12.8 Å². The van der Waals surface area contributed by atoms with Gasteiger partial charge in [0.2, 0.25) is 5.91 Å². The number of amides is 1. The molecule has 1 aromatic rings. The first-order chi connectivity index (χ1) is 8.16. The second-order valence-electron chi connectivity index (χ2n) is 3.81. The topological polar surface area (TPSA) is 92.9 Å². The molecule has 1 saturated carbocycles. The largest absolute Gasteiger partial charge is 0.388 e. The maximum Gasteiger partial charge on any atom is 0.239 e. The smallest absolute Gasteiger partial charge is 0.239 e. The average molecular weight is 251 g/mol. The van der Waals surface area contributed by atoms with E-state index in [1.807, 2.05) is 0 Å². The summed E-state index contributed by atoms with van der Waals surface area (Å²) in [5, 5.41) is 5.73. The molecule has 1 heterocycles. The van der Waals surface area contributed by atoms with Gasteiger partial charge in [0.25, 0.3) is 0 Å². The van der Waals surface area contributed by atoms with Gasteiger partial charge in [0.1, 0.15) is 10.7 Å². The van der Waals surface area contributed by atoms with Gasteiger partial charge in [0.05, 0.1) is 6.54 Å². The monoisotopic (exact) mass is 251 g/mol. The van der Waals surface area contributed by atoms with Gasteiger partial charge in [0.15, 0.2) is 5.82 Å². The second kappa shape index (κ2) is 5.05. The van der Waals surface area contributed by atoms with Crippen LogP contribution in [0.5, 0.6) is 0 Å². The summed E-state index contributed by atoms with van der Waals surface area (Å²) in [5.41, 5.74) is 5.90. The molecular weight excluding hydrogens is 238 g/mol. The van der Waals surface area contributed by atoms with Crippen LogP contribution in [0, 0.1) is 0 Å². The number of aromatic nitrogens is 2. The summed E-state index contributed by atoms with van der Waals surface area (Å²) in [6.45, 7) is 0.144. The van der Waals surface area contributed by atoms with Crippen LogP contribution in [0.15, 0.2) is 12.4 Å². The van der Waals surface area contributed by atoms with Crippen LogP contribution < -0.4 is 16.4 Å². The third-order valence-corrected chi connectivity index (χ3v) is 2.48. The van der Waals surface area contributed by atoms with Gasteiger partial charge < -0.3 is 16.4 Å². The Balaban J connectivity index is 1.93. The predicted octanol–water partition coefficient (Wildman–Crippen LogP) is -0.199. The fourth-order valence-corrected chi connectivity index (χ4v) is 1.47. The van der Waals surface area contributed by atoms with E-state index in [4.69, 9.17) is 18.0 Å². The number of nitrogens with two attached hydrogens (primary N) is 1. The lowest BCUT2D eigenvalue weighted by Gasteiger charge is -2.08. The summed E-state index contributed by atoms with van der Waals surface area (Å²) in [4.78, 5) is 19.7. The van der Waals surface area contributed by atoms with Crippen molar-refractivity contribution in [3.8, 4) is 0 Å². The quantitative estimate of drug-likeness (QED) is 0.628. The zero-order valence-electron chi connectivity index (χ0n) is 9.14. The van der Waals surface area contributed by atoms with E-state index in [9.17, 15) is 4.79 Å². The second-order valence-corrected chi connectivity index (χ2v) is 4.25. The third-order valence-electron chi connectivity index (χ3n) is 2.29. The molecule has 0 saturated heterocycles. The van der Waals surface area contributed by atoms with Crippen molar-refractivity contribution in [2.45, 2.75) is 18.9 Å². The Hall–Kier alpha value is -1.76. The van der Waals surface area contributed by atoms with E-state index in [1.54, 1.807) is 0 Å². The van der Waals surface area contributed by atoms with Crippen LogP contribution in [0.1, 0.15) is 18.5 Å². The minimum atomic E-state index is -0.0629. The Morgan fingerprint density at radius 3 is 2.82 bits per heavy atom. The molecule has 1 aromatic heterocycles. The molecule has 0 bridgehead atoms. The number of anilines is 1. The van der Waals surface area contributed by atoms with Crippen molar-refractivity contribution in [3.05, 3.63) is 18.1 Å². The number of carbonyl (C=O) groups is 1. The highest BCUT2D eigenvalue weighted by Crippen LogP contribution is 2.18. The van der Waals surface area contributed by atoms with Crippen LogP contribution in [-0.2, 0) is 4.79 Å². The van der Waals surface area contributed by atoms with E-state index >= 15 is 0 Å². The molecule has 4 N–H and O–H groups in total. The number of hydrogen-bond donors (Lipinski definition) is 3. The molecule has 0 radical (unpaired) electrons. The zero-order chi connectivity index (χ0) is 12.3. The molecule has 0 atom stereocenters. The molecular formula is C10H13N5OS. The van der Waals surface area contributed by atoms with Gasteiger partial charge in [0, 0.05) is 18.4 Å². The van der Waals surface area contributed by atoms with E-state index in [1.165, 1.54) is 12.4 Å². The Morgan fingerprint density at radius 2 is 2.18 bits per heavy atom. The molecule has 0 aliphatic heterocycles. The van der Waals surface area contributed by atoms with E-state index in [-0.39, 0.29) is 17.4 Å². The van der Waals surface area contributed by atoms with Crippen LogP contribution in [0.2, 0.25) is 0 Å². The van der Waals surface area contributed by atoms with Crippen molar-refractivity contribution >= 4 is 28.9 Å². The Kier molecular flexibility index (Phi) is 3.48. The lowest BCUT2D eigenvalue weighted by molar-refractivity contribution is -0.119. The molecule has 0 aromatic carbocycles. The fraction of sp³-hybridized carbons (Fsp3) is 0.400. The van der Waals surface area contributed by atoms with Crippen molar-refractivity contribution in [1.29, 1.82) is 0 Å². The van der Waals surface area contributed by atoms with E-state index in [0.29, 0.717) is 17.6 Å². The fourth-order valence-electron chi connectivity index (χ4n) is 1.32. The summed E-state index contributed by atoms with van der Waals surface area (Å²) < 4.78 is 0. The van der Waals surface area contributed by atoms with Crippen LogP contribution >= 0.6 is 12.2 Å². The Morgan fingerprint density at radius 1 is 1.47 bits per heavy atom. The third kappa shape index (κ3) is 3.35. The number of nitrogens with zero attached hydrogens (tertiary/aromatic N) is 2.